The van der Waals surface area contributed by atoms with Crippen LogP contribution in [0.2, 0.25) is 0 Å². The highest BCUT2D eigenvalue weighted by Gasteiger charge is 2.25. The third-order valence-corrected chi connectivity index (χ3v) is 4.34. The Bertz CT molecular complexity index is 709. The van der Waals surface area contributed by atoms with Gasteiger partial charge in [-0.1, -0.05) is 42.5 Å². The van der Waals surface area contributed by atoms with E-state index in [1.165, 1.54) is 6.92 Å². The molecule has 0 aromatic heterocycles. The molecular weight excluding hydrogens is 302 g/mol. The van der Waals surface area contributed by atoms with Crippen molar-refractivity contribution in [1.29, 1.82) is 0 Å². The lowest BCUT2D eigenvalue weighted by molar-refractivity contribution is 0.000902. The molecule has 1 heterocycles. The number of carbonyl (C=O) groups is 2. The maximum Gasteiger partial charge on any atom is 0.251 e. The maximum absolute atomic E-state index is 12.4. The Morgan fingerprint density at radius 1 is 1.00 bits per heavy atom. The molecule has 24 heavy (non-hydrogen) atoms. The third kappa shape index (κ3) is 3.89. The first-order chi connectivity index (χ1) is 11.6. The van der Waals surface area contributed by atoms with Gasteiger partial charge in [-0.05, 0) is 37.5 Å². The van der Waals surface area contributed by atoms with E-state index in [0.29, 0.717) is 17.7 Å². The predicted octanol–water partition coefficient (Wildman–Crippen LogP) is 3.54. The van der Waals surface area contributed by atoms with E-state index in [9.17, 15) is 9.59 Å². The standard InChI is InChI=1S/C20H21NO3/c1-14(22)15-7-9-17(10-8-15)20(23)21-18-11-12-24-19(13-18)16-5-3-2-4-6-16/h2-10,18-19H,11-13H2,1H3,(H,21,23)/t18-,19-/m1/s1. The fraction of sp³-hybridized carbons (Fsp3) is 0.300. The molecule has 1 N–H and O–H groups in total. The van der Waals surface area contributed by atoms with E-state index in [1.807, 2.05) is 18.2 Å². The summed E-state index contributed by atoms with van der Waals surface area (Å²) in [6.45, 7) is 2.15. The van der Waals surface area contributed by atoms with Gasteiger partial charge in [0.15, 0.2) is 5.78 Å². The molecule has 1 amide bonds. The van der Waals surface area contributed by atoms with Gasteiger partial charge in [-0.15, -0.1) is 0 Å². The summed E-state index contributed by atoms with van der Waals surface area (Å²) in [5.41, 5.74) is 2.33. The predicted molar refractivity (Wildman–Crippen MR) is 92.1 cm³/mol. The average Bonchev–Trinajstić information content (AvgIpc) is 2.63. The van der Waals surface area contributed by atoms with Gasteiger partial charge in [-0.3, -0.25) is 9.59 Å². The smallest absolute Gasteiger partial charge is 0.251 e. The van der Waals surface area contributed by atoms with Crippen LogP contribution in [0.15, 0.2) is 54.6 Å². The highest BCUT2D eigenvalue weighted by molar-refractivity contribution is 5.97. The molecule has 1 fully saturated rings. The summed E-state index contributed by atoms with van der Waals surface area (Å²) in [7, 11) is 0. The Labute approximate surface area is 141 Å². The molecule has 124 valence electrons. The molecule has 0 saturated carbocycles. The van der Waals surface area contributed by atoms with Gasteiger partial charge in [0.2, 0.25) is 0 Å². The second kappa shape index (κ2) is 7.41. The van der Waals surface area contributed by atoms with Gasteiger partial charge in [0, 0.05) is 23.8 Å². The van der Waals surface area contributed by atoms with Crippen LogP contribution in [-0.2, 0) is 4.74 Å². The van der Waals surface area contributed by atoms with Crippen LogP contribution in [0.5, 0.6) is 0 Å². The number of benzene rings is 2. The van der Waals surface area contributed by atoms with Gasteiger partial charge >= 0.3 is 0 Å². The van der Waals surface area contributed by atoms with Crippen LogP contribution in [-0.4, -0.2) is 24.3 Å². The lowest BCUT2D eigenvalue weighted by Gasteiger charge is -2.30. The van der Waals surface area contributed by atoms with Crippen molar-refractivity contribution in [3.63, 3.8) is 0 Å². The van der Waals surface area contributed by atoms with Crippen molar-refractivity contribution in [2.24, 2.45) is 0 Å². The highest BCUT2D eigenvalue weighted by atomic mass is 16.5. The summed E-state index contributed by atoms with van der Waals surface area (Å²) in [5, 5.41) is 3.08. The minimum absolute atomic E-state index is 0.00269. The first-order valence-corrected chi connectivity index (χ1v) is 8.22. The van der Waals surface area contributed by atoms with Crippen molar-refractivity contribution in [1.82, 2.24) is 5.32 Å². The van der Waals surface area contributed by atoms with Gasteiger partial charge in [0.1, 0.15) is 0 Å². The van der Waals surface area contributed by atoms with Crippen molar-refractivity contribution >= 4 is 11.7 Å². The fourth-order valence-corrected chi connectivity index (χ4v) is 2.95. The fourth-order valence-electron chi connectivity index (χ4n) is 2.95. The molecule has 0 bridgehead atoms. The molecule has 2 aromatic rings. The molecule has 4 nitrogen and oxygen atoms in total. The van der Waals surface area contributed by atoms with Crippen molar-refractivity contribution < 1.29 is 14.3 Å². The summed E-state index contributed by atoms with van der Waals surface area (Å²) in [6, 6.07) is 16.9. The molecule has 4 heteroatoms. The number of hydrogen-bond acceptors (Lipinski definition) is 3. The quantitative estimate of drug-likeness (QED) is 0.876. The molecule has 0 aliphatic carbocycles. The molecule has 0 radical (unpaired) electrons. The topological polar surface area (TPSA) is 55.4 Å². The molecule has 1 aliphatic heterocycles. The highest BCUT2D eigenvalue weighted by Crippen LogP contribution is 2.28. The van der Waals surface area contributed by atoms with Crippen LogP contribution in [0.25, 0.3) is 0 Å². The van der Waals surface area contributed by atoms with Gasteiger partial charge < -0.3 is 10.1 Å². The summed E-state index contributed by atoms with van der Waals surface area (Å²) in [6.07, 6.45) is 1.59. The van der Waals surface area contributed by atoms with E-state index in [4.69, 9.17) is 4.74 Å². The Kier molecular flexibility index (Phi) is 5.06. The van der Waals surface area contributed by atoms with Crippen LogP contribution < -0.4 is 5.32 Å². The van der Waals surface area contributed by atoms with Crippen molar-refractivity contribution in [2.45, 2.75) is 31.9 Å². The van der Waals surface area contributed by atoms with E-state index in [1.54, 1.807) is 24.3 Å². The monoisotopic (exact) mass is 323 g/mol. The molecule has 1 aliphatic rings. The zero-order valence-electron chi connectivity index (χ0n) is 13.7. The van der Waals surface area contributed by atoms with Gasteiger partial charge in [-0.25, -0.2) is 0 Å². The second-order valence-corrected chi connectivity index (χ2v) is 6.10. The number of Topliss-reactive ketones (excluding diaryl/α,β-unsaturated/α-hetero) is 1. The summed E-state index contributed by atoms with van der Waals surface area (Å²) in [4.78, 5) is 23.7. The van der Waals surface area contributed by atoms with Gasteiger partial charge in [0.05, 0.1) is 6.10 Å². The van der Waals surface area contributed by atoms with Crippen LogP contribution in [0.3, 0.4) is 0 Å². The SMILES string of the molecule is CC(=O)c1ccc(C(=O)N[C@@H]2CCO[C@@H](c3ccccc3)C2)cc1. The Balaban J connectivity index is 1.62. The van der Waals surface area contributed by atoms with E-state index in [2.05, 4.69) is 17.4 Å². The Morgan fingerprint density at radius 2 is 1.67 bits per heavy atom. The van der Waals surface area contributed by atoms with E-state index in [-0.39, 0.29) is 23.8 Å². The third-order valence-electron chi connectivity index (χ3n) is 4.34. The molecular formula is C20H21NO3. The molecule has 2 atom stereocenters. The zero-order chi connectivity index (χ0) is 16.9. The van der Waals surface area contributed by atoms with Gasteiger partial charge in [0.25, 0.3) is 5.91 Å². The minimum Gasteiger partial charge on any atom is -0.373 e. The number of carbonyl (C=O) groups excluding carboxylic acids is 2. The number of ether oxygens (including phenoxy) is 1. The first-order valence-electron chi connectivity index (χ1n) is 8.22. The molecule has 0 unspecified atom stereocenters. The summed E-state index contributed by atoms with van der Waals surface area (Å²) < 4.78 is 5.83. The van der Waals surface area contributed by atoms with Crippen LogP contribution in [0.4, 0.5) is 0 Å². The van der Waals surface area contributed by atoms with E-state index >= 15 is 0 Å². The summed E-state index contributed by atoms with van der Waals surface area (Å²) >= 11 is 0. The molecule has 3 rings (SSSR count). The normalized spacial score (nSPS) is 20.4. The number of rotatable bonds is 4. The first kappa shape index (κ1) is 16.4. The van der Waals surface area contributed by atoms with Crippen molar-refractivity contribution in [3.05, 3.63) is 71.3 Å². The number of ketones is 1. The van der Waals surface area contributed by atoms with Crippen LogP contribution in [0.1, 0.15) is 52.1 Å². The molecule has 1 saturated heterocycles. The Hall–Kier alpha value is -2.46. The van der Waals surface area contributed by atoms with E-state index in [0.717, 1.165) is 18.4 Å². The average molecular weight is 323 g/mol. The van der Waals surface area contributed by atoms with Crippen LogP contribution in [0, 0.1) is 0 Å². The lowest BCUT2D eigenvalue weighted by atomic mass is 9.97. The molecule has 2 aromatic carbocycles. The lowest BCUT2D eigenvalue weighted by Crippen LogP contribution is -2.39. The van der Waals surface area contributed by atoms with Crippen LogP contribution >= 0.6 is 0 Å². The van der Waals surface area contributed by atoms with Gasteiger partial charge in [-0.2, -0.15) is 0 Å². The van der Waals surface area contributed by atoms with E-state index < -0.39 is 0 Å². The summed E-state index contributed by atoms with van der Waals surface area (Å²) in [5.74, 6) is -0.110. The number of amides is 1. The largest absolute Gasteiger partial charge is 0.373 e. The second-order valence-electron chi connectivity index (χ2n) is 6.10. The minimum atomic E-state index is -0.108. The zero-order valence-corrected chi connectivity index (χ0v) is 13.7. The van der Waals surface area contributed by atoms with Crippen molar-refractivity contribution in [2.75, 3.05) is 6.61 Å². The number of nitrogens with one attached hydrogen (secondary N) is 1. The number of hydrogen-bond donors (Lipinski definition) is 1. The Morgan fingerprint density at radius 3 is 2.33 bits per heavy atom. The maximum atomic E-state index is 12.4. The van der Waals surface area contributed by atoms with Crippen molar-refractivity contribution in [3.8, 4) is 0 Å². The molecule has 0 spiro atoms.